The van der Waals surface area contributed by atoms with E-state index in [0.717, 1.165) is 0 Å². The summed E-state index contributed by atoms with van der Waals surface area (Å²) in [6.45, 7) is 1.66. The summed E-state index contributed by atoms with van der Waals surface area (Å²) in [6, 6.07) is 8.67. The van der Waals surface area contributed by atoms with Gasteiger partial charge < -0.3 is 53.9 Å². The van der Waals surface area contributed by atoms with Gasteiger partial charge in [-0.3, -0.25) is 14.9 Å². The molecule has 0 saturated carbocycles. The third-order valence-electron chi connectivity index (χ3n) is 6.07. The molecule has 16 nitrogen and oxygen atoms in total. The molecule has 1 fully saturated rings. The topological polar surface area (TPSA) is 233 Å². The van der Waals surface area contributed by atoms with E-state index in [9.17, 15) is 39.0 Å². The van der Waals surface area contributed by atoms with Crippen LogP contribution in [0.4, 0.5) is 10.5 Å². The number of rotatable bonds is 16. The number of aliphatic hydroxyl groups is 1. The fourth-order valence-corrected chi connectivity index (χ4v) is 4.05. The van der Waals surface area contributed by atoms with Crippen LogP contribution in [0, 0.1) is 38.6 Å². The maximum atomic E-state index is 12.9. The van der Waals surface area contributed by atoms with Crippen molar-refractivity contribution in [3.05, 3.63) is 58.7 Å². The van der Waals surface area contributed by atoms with Crippen LogP contribution in [0.1, 0.15) is 46.3 Å². The molecule has 3 atom stereocenters. The van der Waals surface area contributed by atoms with Crippen molar-refractivity contribution < 1.29 is 129 Å². The second-order valence-corrected chi connectivity index (χ2v) is 9.30. The molecule has 250 valence electrons. The van der Waals surface area contributed by atoms with Crippen LogP contribution in [0.25, 0.3) is 0 Å². The molecular formula is C28H28N2O14TaTb-2. The summed E-state index contributed by atoms with van der Waals surface area (Å²) >= 11 is 0. The van der Waals surface area contributed by atoms with Gasteiger partial charge in [-0.25, -0.2) is 9.59 Å². The Morgan fingerprint density at radius 3 is 2.28 bits per heavy atom. The zero-order chi connectivity index (χ0) is 32.1. The maximum absolute atomic E-state index is 12.9. The molecule has 46 heavy (non-hydrogen) atoms. The summed E-state index contributed by atoms with van der Waals surface area (Å²) in [4.78, 5) is 68.6. The first-order valence-corrected chi connectivity index (χ1v) is 13.0. The molecule has 2 amide bonds. The molecule has 5 N–H and O–H groups in total. The number of hydrogen-bond donors (Lipinski definition) is 5. The SMILES string of the molecule is O=[C-]OCc1ccc(NC(=O)OCc2ccc(OC3CC(O)CC(C(=O)O)O3)c(C(=O)NCCC(=O)O)c2)c(CO[C-]=O)c1.[Ta].[Tb]. The fraction of sp³-hybridized carbons (Fsp3) is 0.357. The fourth-order valence-electron chi connectivity index (χ4n) is 4.05. The summed E-state index contributed by atoms with van der Waals surface area (Å²) in [5.41, 5.74) is 1.32. The Labute approximate surface area is 308 Å². The van der Waals surface area contributed by atoms with Gasteiger partial charge >= 0.3 is 18.0 Å². The number of carbonyl (C=O) groups is 4. The van der Waals surface area contributed by atoms with Gasteiger partial charge in [0.15, 0.2) is 6.10 Å². The quantitative estimate of drug-likeness (QED) is 0.117. The summed E-state index contributed by atoms with van der Waals surface area (Å²) in [5.74, 6) is -3.22. The van der Waals surface area contributed by atoms with Gasteiger partial charge in [0, 0.05) is 85.9 Å². The van der Waals surface area contributed by atoms with Crippen molar-refractivity contribution in [3.8, 4) is 5.75 Å². The molecule has 0 spiro atoms. The average Bonchev–Trinajstić information content (AvgIpc) is 2.98. The zero-order valence-corrected chi connectivity index (χ0v) is 29.1. The van der Waals surface area contributed by atoms with Gasteiger partial charge in [-0.1, -0.05) is 25.1 Å². The normalized spacial score (nSPS) is 16.7. The Hall–Kier alpha value is -3.19. The maximum Gasteiger partial charge on any atom is 0.411 e. The van der Waals surface area contributed by atoms with E-state index < -0.39 is 42.4 Å². The van der Waals surface area contributed by atoms with Crippen LogP contribution in [0.3, 0.4) is 0 Å². The summed E-state index contributed by atoms with van der Waals surface area (Å²) in [5, 5.41) is 33.1. The number of benzene rings is 2. The van der Waals surface area contributed by atoms with Crippen LogP contribution >= 0.6 is 0 Å². The molecule has 3 unspecified atom stereocenters. The van der Waals surface area contributed by atoms with Crippen LogP contribution in [0.2, 0.25) is 0 Å². The average molecular weight is 956 g/mol. The Morgan fingerprint density at radius 1 is 0.935 bits per heavy atom. The van der Waals surface area contributed by atoms with Gasteiger partial charge in [-0.05, 0) is 35.4 Å². The second-order valence-electron chi connectivity index (χ2n) is 9.30. The van der Waals surface area contributed by atoms with Crippen LogP contribution in [-0.2, 0) is 80.3 Å². The number of aliphatic hydroxyl groups excluding tert-OH is 1. The summed E-state index contributed by atoms with van der Waals surface area (Å²) < 4.78 is 25.6. The number of anilines is 1. The van der Waals surface area contributed by atoms with Crippen LogP contribution in [0.15, 0.2) is 36.4 Å². The summed E-state index contributed by atoms with van der Waals surface area (Å²) in [6.07, 6.45) is -5.05. The van der Waals surface area contributed by atoms with E-state index in [1.807, 2.05) is 0 Å². The number of carbonyl (C=O) groups excluding carboxylic acids is 4. The number of carboxylic acids is 2. The predicted octanol–water partition coefficient (Wildman–Crippen LogP) is 1.13. The van der Waals surface area contributed by atoms with E-state index in [2.05, 4.69) is 20.1 Å². The Kier molecular flexibility index (Phi) is 18.5. The van der Waals surface area contributed by atoms with E-state index in [1.165, 1.54) is 43.3 Å². The van der Waals surface area contributed by atoms with Crippen LogP contribution in [0.5, 0.6) is 5.75 Å². The van der Waals surface area contributed by atoms with Crippen molar-refractivity contribution in [1.29, 1.82) is 0 Å². The molecular weight excluding hydrogens is 928 g/mol. The standard InChI is InChI=1S/C28H28N2O14.Ta.Tb/c31-14-40-11-16-1-3-21(18(7-16)13-41-15-32)30-28(39)42-12-17-2-4-22(20(8-17)26(36)29-6-5-24(34)35)43-25-10-19(33)9-23(44-25)27(37)38;;/h1-4,7-8,19,23,25,33H,5-6,9-13H2,(H,29,36)(H,30,39)(H,34,35)(H,37,38);;/q-2;;. The zero-order valence-electron chi connectivity index (χ0n) is 23.8. The molecule has 0 bridgehead atoms. The Balaban J connectivity index is 0.00000529. The van der Waals surface area contributed by atoms with E-state index >= 15 is 0 Å². The number of nitrogens with one attached hydrogen (secondary N) is 2. The number of aliphatic carboxylic acids is 2. The molecule has 1 heterocycles. The predicted molar refractivity (Wildman–Crippen MR) is 144 cm³/mol. The number of amides is 2. The minimum atomic E-state index is -1.33. The first-order valence-electron chi connectivity index (χ1n) is 13.0. The first-order chi connectivity index (χ1) is 21.1. The first kappa shape index (κ1) is 40.8. The van der Waals surface area contributed by atoms with Gasteiger partial charge in [-0.15, -0.1) is 0 Å². The molecule has 1 aliphatic rings. The van der Waals surface area contributed by atoms with Crippen molar-refractivity contribution in [2.24, 2.45) is 0 Å². The van der Waals surface area contributed by atoms with E-state index in [1.54, 1.807) is 6.07 Å². The third kappa shape index (κ3) is 13.3. The van der Waals surface area contributed by atoms with Gasteiger partial charge in [0.2, 0.25) is 6.29 Å². The van der Waals surface area contributed by atoms with Crippen molar-refractivity contribution in [3.63, 3.8) is 0 Å². The molecule has 0 aromatic heterocycles. The van der Waals surface area contributed by atoms with Crippen molar-refractivity contribution in [2.45, 2.75) is 57.6 Å². The molecule has 1 saturated heterocycles. The molecule has 2 aromatic rings. The van der Waals surface area contributed by atoms with Crippen molar-refractivity contribution in [2.75, 3.05) is 11.9 Å². The van der Waals surface area contributed by atoms with E-state index in [4.69, 9.17) is 19.3 Å². The molecule has 2 radical (unpaired) electrons. The number of carboxylic acid groups (broad SMARTS) is 2. The minimum absolute atomic E-state index is 0. The second kappa shape index (κ2) is 20.8. The van der Waals surface area contributed by atoms with Gasteiger partial charge in [-0.2, -0.15) is 0 Å². The monoisotopic (exact) mass is 956 g/mol. The molecule has 2 aromatic carbocycles. The Morgan fingerprint density at radius 2 is 1.61 bits per heavy atom. The third-order valence-corrected chi connectivity index (χ3v) is 6.07. The molecule has 0 aliphatic carbocycles. The number of hydrogen-bond acceptors (Lipinski definition) is 12. The molecule has 1 aliphatic heterocycles. The Bertz CT molecular complexity index is 1380. The van der Waals surface area contributed by atoms with Gasteiger partial charge in [0.1, 0.15) is 12.4 Å². The molecule has 3 rings (SSSR count). The van der Waals surface area contributed by atoms with Crippen LogP contribution < -0.4 is 15.4 Å². The number of ether oxygens (including phenoxy) is 5. The molecule has 18 heteroatoms. The van der Waals surface area contributed by atoms with Crippen LogP contribution in [-0.4, -0.2) is 77.2 Å². The van der Waals surface area contributed by atoms with Gasteiger partial charge in [0.05, 0.1) is 37.0 Å². The van der Waals surface area contributed by atoms with Crippen molar-refractivity contribution >= 4 is 42.6 Å². The smallest absolute Gasteiger partial charge is 0.411 e. The largest absolute Gasteiger partial charge is 0.650 e. The van der Waals surface area contributed by atoms with Gasteiger partial charge in [0.25, 0.3) is 5.91 Å². The van der Waals surface area contributed by atoms with Crippen molar-refractivity contribution in [1.82, 2.24) is 5.32 Å². The van der Waals surface area contributed by atoms with E-state index in [-0.39, 0.29) is 124 Å². The summed E-state index contributed by atoms with van der Waals surface area (Å²) in [7, 11) is 0. The minimum Gasteiger partial charge on any atom is -0.650 e. The van der Waals surface area contributed by atoms with E-state index in [0.29, 0.717) is 16.7 Å².